The van der Waals surface area contributed by atoms with E-state index in [9.17, 15) is 4.79 Å². The number of hydrogen-bond acceptors (Lipinski definition) is 4. The highest BCUT2D eigenvalue weighted by atomic mass is 16.5. The molecule has 1 unspecified atom stereocenters. The molecule has 0 spiro atoms. The van der Waals surface area contributed by atoms with Gasteiger partial charge in [-0.25, -0.2) is 0 Å². The molecule has 2 heterocycles. The van der Waals surface area contributed by atoms with E-state index in [0.29, 0.717) is 19.6 Å². The molecule has 1 aromatic carbocycles. The van der Waals surface area contributed by atoms with E-state index in [1.54, 1.807) is 0 Å². The van der Waals surface area contributed by atoms with Crippen LogP contribution in [0.3, 0.4) is 0 Å². The summed E-state index contributed by atoms with van der Waals surface area (Å²) < 4.78 is 5.45. The molecule has 2 aliphatic heterocycles. The van der Waals surface area contributed by atoms with Gasteiger partial charge >= 0.3 is 0 Å². The Morgan fingerprint density at radius 2 is 2.32 bits per heavy atom. The summed E-state index contributed by atoms with van der Waals surface area (Å²) in [7, 11) is 0. The molecule has 1 amide bonds. The second kappa shape index (κ2) is 5.19. The molecule has 0 aliphatic carbocycles. The SMILES string of the molecule is Nc1ccc2c(c1)CCC(=O)N2CC1COCCN1. The first-order valence-corrected chi connectivity index (χ1v) is 6.74. The van der Waals surface area contributed by atoms with Gasteiger partial charge < -0.3 is 20.7 Å². The molecule has 0 saturated carbocycles. The standard InChI is InChI=1S/C14H19N3O2/c15-11-2-3-13-10(7-11)1-4-14(18)17(13)8-12-9-19-6-5-16-12/h2-3,7,12,16H,1,4-6,8-9,15H2. The Kier molecular flexibility index (Phi) is 3.40. The zero-order valence-electron chi connectivity index (χ0n) is 10.9. The third kappa shape index (κ3) is 2.57. The fraction of sp³-hybridized carbons (Fsp3) is 0.500. The highest BCUT2D eigenvalue weighted by molar-refractivity contribution is 5.96. The number of rotatable bonds is 2. The van der Waals surface area contributed by atoms with Crippen molar-refractivity contribution in [1.29, 1.82) is 0 Å². The number of benzene rings is 1. The zero-order chi connectivity index (χ0) is 13.2. The van der Waals surface area contributed by atoms with Crippen LogP contribution < -0.4 is 16.0 Å². The maximum atomic E-state index is 12.1. The second-order valence-corrected chi connectivity index (χ2v) is 5.12. The molecule has 5 heteroatoms. The molecule has 5 nitrogen and oxygen atoms in total. The predicted octanol–water partition coefficient (Wildman–Crippen LogP) is 0.536. The largest absolute Gasteiger partial charge is 0.399 e. The number of nitrogen functional groups attached to an aromatic ring is 1. The number of anilines is 2. The molecule has 1 aromatic rings. The minimum atomic E-state index is 0.185. The zero-order valence-corrected chi connectivity index (χ0v) is 10.9. The maximum absolute atomic E-state index is 12.1. The number of amides is 1. The van der Waals surface area contributed by atoms with Crippen molar-refractivity contribution in [3.63, 3.8) is 0 Å². The van der Waals surface area contributed by atoms with Crippen LogP contribution in [0.4, 0.5) is 11.4 Å². The van der Waals surface area contributed by atoms with E-state index in [4.69, 9.17) is 10.5 Å². The third-order valence-electron chi connectivity index (χ3n) is 3.71. The van der Waals surface area contributed by atoms with Gasteiger partial charge in [0.05, 0.1) is 13.2 Å². The topological polar surface area (TPSA) is 67.6 Å². The molecule has 2 aliphatic rings. The molecule has 1 fully saturated rings. The average molecular weight is 261 g/mol. The van der Waals surface area contributed by atoms with Gasteiger partial charge in [-0.2, -0.15) is 0 Å². The normalized spacial score (nSPS) is 23.3. The van der Waals surface area contributed by atoms with Crippen molar-refractivity contribution in [3.05, 3.63) is 23.8 Å². The van der Waals surface area contributed by atoms with Gasteiger partial charge in [0.25, 0.3) is 0 Å². The van der Waals surface area contributed by atoms with Crippen molar-refractivity contribution in [3.8, 4) is 0 Å². The fourth-order valence-electron chi connectivity index (χ4n) is 2.74. The van der Waals surface area contributed by atoms with Gasteiger partial charge in [-0.15, -0.1) is 0 Å². The van der Waals surface area contributed by atoms with Gasteiger partial charge in [-0.3, -0.25) is 4.79 Å². The molecular formula is C14H19N3O2. The summed E-state index contributed by atoms with van der Waals surface area (Å²) in [5, 5.41) is 3.39. The minimum absolute atomic E-state index is 0.185. The van der Waals surface area contributed by atoms with Gasteiger partial charge in [-0.05, 0) is 30.2 Å². The lowest BCUT2D eigenvalue weighted by Crippen LogP contribution is -2.51. The highest BCUT2D eigenvalue weighted by Crippen LogP contribution is 2.29. The van der Waals surface area contributed by atoms with Crippen LogP contribution in [0.2, 0.25) is 0 Å². The van der Waals surface area contributed by atoms with Gasteiger partial charge in [0, 0.05) is 36.9 Å². The highest BCUT2D eigenvalue weighted by Gasteiger charge is 2.27. The summed E-state index contributed by atoms with van der Waals surface area (Å²) in [6, 6.07) is 5.99. The lowest BCUT2D eigenvalue weighted by Gasteiger charge is -2.34. The number of nitrogens with one attached hydrogen (secondary N) is 1. The Morgan fingerprint density at radius 3 is 3.11 bits per heavy atom. The molecule has 0 bridgehead atoms. The molecule has 1 atom stereocenters. The van der Waals surface area contributed by atoms with Gasteiger partial charge in [0.1, 0.15) is 0 Å². The van der Waals surface area contributed by atoms with Crippen LogP contribution in [0.5, 0.6) is 0 Å². The molecule has 0 aromatic heterocycles. The van der Waals surface area contributed by atoms with Crippen LogP contribution in [0, 0.1) is 0 Å². The van der Waals surface area contributed by atoms with Crippen molar-refractivity contribution < 1.29 is 9.53 Å². The Morgan fingerprint density at radius 1 is 1.42 bits per heavy atom. The monoisotopic (exact) mass is 261 g/mol. The number of aryl methyl sites for hydroxylation is 1. The van der Waals surface area contributed by atoms with Crippen LogP contribution >= 0.6 is 0 Å². The first-order chi connectivity index (χ1) is 9.24. The number of nitrogens with zero attached hydrogens (tertiary/aromatic N) is 1. The summed E-state index contributed by atoms with van der Waals surface area (Å²) in [4.78, 5) is 14.0. The van der Waals surface area contributed by atoms with Crippen molar-refractivity contribution >= 4 is 17.3 Å². The Bertz CT molecular complexity index is 484. The van der Waals surface area contributed by atoms with E-state index >= 15 is 0 Å². The number of fused-ring (bicyclic) bond motifs is 1. The average Bonchev–Trinajstić information content (AvgIpc) is 2.43. The van der Waals surface area contributed by atoms with E-state index in [2.05, 4.69) is 5.32 Å². The maximum Gasteiger partial charge on any atom is 0.227 e. The van der Waals surface area contributed by atoms with E-state index in [1.165, 1.54) is 0 Å². The molecule has 3 rings (SSSR count). The first kappa shape index (κ1) is 12.4. The Balaban J connectivity index is 1.82. The second-order valence-electron chi connectivity index (χ2n) is 5.12. The van der Waals surface area contributed by atoms with E-state index in [0.717, 1.165) is 36.5 Å². The number of nitrogens with two attached hydrogens (primary N) is 1. The molecular weight excluding hydrogens is 242 g/mol. The summed E-state index contributed by atoms with van der Waals surface area (Å²) in [5.41, 5.74) is 8.73. The smallest absolute Gasteiger partial charge is 0.227 e. The third-order valence-corrected chi connectivity index (χ3v) is 3.71. The lowest BCUT2D eigenvalue weighted by atomic mass is 10.00. The van der Waals surface area contributed by atoms with Crippen molar-refractivity contribution in [2.75, 3.05) is 36.9 Å². The van der Waals surface area contributed by atoms with Crippen molar-refractivity contribution in [2.24, 2.45) is 0 Å². The minimum Gasteiger partial charge on any atom is -0.399 e. The number of hydrogen-bond donors (Lipinski definition) is 2. The Labute approximate surface area is 112 Å². The lowest BCUT2D eigenvalue weighted by molar-refractivity contribution is -0.119. The van der Waals surface area contributed by atoms with Crippen LogP contribution in [0.15, 0.2) is 18.2 Å². The molecule has 19 heavy (non-hydrogen) atoms. The molecule has 0 radical (unpaired) electrons. The number of carbonyl (C=O) groups excluding carboxylic acids is 1. The van der Waals surface area contributed by atoms with Crippen LogP contribution in [0.1, 0.15) is 12.0 Å². The quantitative estimate of drug-likeness (QED) is 0.762. The van der Waals surface area contributed by atoms with Gasteiger partial charge in [-0.1, -0.05) is 0 Å². The van der Waals surface area contributed by atoms with Crippen LogP contribution in [-0.2, 0) is 16.0 Å². The van der Waals surface area contributed by atoms with Crippen LogP contribution in [0.25, 0.3) is 0 Å². The van der Waals surface area contributed by atoms with Crippen molar-refractivity contribution in [1.82, 2.24) is 5.32 Å². The number of carbonyl (C=O) groups is 1. The van der Waals surface area contributed by atoms with Crippen molar-refractivity contribution in [2.45, 2.75) is 18.9 Å². The summed E-state index contributed by atoms with van der Waals surface area (Å²) in [5.74, 6) is 0.185. The number of ether oxygens (including phenoxy) is 1. The summed E-state index contributed by atoms with van der Waals surface area (Å²) in [6.45, 7) is 2.92. The molecule has 1 saturated heterocycles. The van der Waals surface area contributed by atoms with E-state index in [-0.39, 0.29) is 11.9 Å². The Hall–Kier alpha value is -1.59. The fourth-order valence-corrected chi connectivity index (χ4v) is 2.74. The first-order valence-electron chi connectivity index (χ1n) is 6.74. The van der Waals surface area contributed by atoms with E-state index < -0.39 is 0 Å². The van der Waals surface area contributed by atoms with Crippen LogP contribution in [-0.4, -0.2) is 38.3 Å². The van der Waals surface area contributed by atoms with E-state index in [1.807, 2.05) is 23.1 Å². The molecule has 102 valence electrons. The summed E-state index contributed by atoms with van der Waals surface area (Å²) in [6.07, 6.45) is 1.34. The number of morpholine rings is 1. The molecule has 3 N–H and O–H groups in total. The van der Waals surface area contributed by atoms with Gasteiger partial charge in [0.2, 0.25) is 5.91 Å². The predicted molar refractivity (Wildman–Crippen MR) is 74.1 cm³/mol. The van der Waals surface area contributed by atoms with Gasteiger partial charge in [0.15, 0.2) is 0 Å². The summed E-state index contributed by atoms with van der Waals surface area (Å²) >= 11 is 0.